The molecule has 1 aliphatic heterocycles. The molecule has 0 aliphatic carbocycles. The minimum Gasteiger partial charge on any atom is -0.351 e. The van der Waals surface area contributed by atoms with Gasteiger partial charge in [-0.3, -0.25) is 4.79 Å². The van der Waals surface area contributed by atoms with Crippen LogP contribution in [0.2, 0.25) is 0 Å². The number of carbonyl (C=O) groups excluding carboxylic acids is 1. The third-order valence-electron chi connectivity index (χ3n) is 4.52. The number of carbonyl (C=O) groups is 1. The lowest BCUT2D eigenvalue weighted by atomic mass is 10.1. The van der Waals surface area contributed by atoms with Crippen molar-refractivity contribution in [3.63, 3.8) is 0 Å². The summed E-state index contributed by atoms with van der Waals surface area (Å²) in [7, 11) is 0. The molecule has 0 radical (unpaired) electrons. The van der Waals surface area contributed by atoms with Gasteiger partial charge in [0, 0.05) is 19.1 Å². The quantitative estimate of drug-likeness (QED) is 0.272. The van der Waals surface area contributed by atoms with Crippen LogP contribution in [-0.2, 0) is 23.7 Å². The van der Waals surface area contributed by atoms with Crippen molar-refractivity contribution in [2.75, 3.05) is 38.8 Å². The van der Waals surface area contributed by atoms with Gasteiger partial charge in [-0.25, -0.2) is 0 Å². The fourth-order valence-electron chi connectivity index (χ4n) is 2.50. The van der Waals surface area contributed by atoms with Crippen LogP contribution in [0.3, 0.4) is 0 Å². The van der Waals surface area contributed by atoms with Gasteiger partial charge in [0.05, 0.1) is 25.8 Å². The Morgan fingerprint density at radius 1 is 1.19 bits per heavy atom. The summed E-state index contributed by atoms with van der Waals surface area (Å²) in [6, 6.07) is 0. The predicted octanol–water partition coefficient (Wildman–Crippen LogP) is 3.41. The summed E-state index contributed by atoms with van der Waals surface area (Å²) in [5.41, 5.74) is 0. The first-order valence-electron chi connectivity index (χ1n) is 9.85. The van der Waals surface area contributed by atoms with Crippen LogP contribution in [0.4, 0.5) is 0 Å². The Labute approximate surface area is 163 Å². The summed E-state index contributed by atoms with van der Waals surface area (Å²) in [4.78, 5) is 13.9. The molecule has 0 N–H and O–H groups in total. The maximum absolute atomic E-state index is 12.3. The Morgan fingerprint density at radius 3 is 2.31 bits per heavy atom. The van der Waals surface area contributed by atoms with Gasteiger partial charge in [-0.05, 0) is 19.8 Å². The Hall–Kier alpha value is -0.400. The van der Waals surface area contributed by atoms with Crippen molar-refractivity contribution in [3.8, 4) is 0 Å². The van der Waals surface area contributed by atoms with Crippen LogP contribution in [0.25, 0.3) is 0 Å². The van der Waals surface area contributed by atoms with Gasteiger partial charge in [0.15, 0.2) is 12.6 Å². The molecule has 6 nitrogen and oxygen atoms in total. The zero-order chi connectivity index (χ0) is 19.4. The molecule has 1 saturated heterocycles. The lowest BCUT2D eigenvalue weighted by molar-refractivity contribution is -0.237. The van der Waals surface area contributed by atoms with Crippen LogP contribution in [-0.4, -0.2) is 68.3 Å². The average molecular weight is 394 g/mol. The van der Waals surface area contributed by atoms with Gasteiger partial charge in [0.25, 0.3) is 0 Å². The van der Waals surface area contributed by atoms with Gasteiger partial charge in [0.1, 0.15) is 5.88 Å². The van der Waals surface area contributed by atoms with Gasteiger partial charge in [-0.15, -0.1) is 11.6 Å². The Morgan fingerprint density at radius 2 is 1.81 bits per heavy atom. The van der Waals surface area contributed by atoms with E-state index in [1.807, 2.05) is 6.92 Å². The van der Waals surface area contributed by atoms with Gasteiger partial charge >= 0.3 is 0 Å². The largest absolute Gasteiger partial charge is 0.351 e. The molecule has 154 valence electrons. The Balaban J connectivity index is 2.63. The summed E-state index contributed by atoms with van der Waals surface area (Å²) in [5, 5.41) is 0. The minimum absolute atomic E-state index is 0.0880. The average Bonchev–Trinajstić information content (AvgIpc) is 2.63. The Bertz CT molecular complexity index is 375. The van der Waals surface area contributed by atoms with E-state index in [1.54, 1.807) is 4.90 Å². The molecule has 0 aromatic heterocycles. The van der Waals surface area contributed by atoms with Crippen molar-refractivity contribution in [2.24, 2.45) is 5.92 Å². The summed E-state index contributed by atoms with van der Waals surface area (Å²) < 4.78 is 23.3. The standard InChI is InChI=1S/C19H36ClNO5/c1-5-7-9-23-18(24-10-8-6-2)12-21(17(22)11-20)13-19-25-14-15(3)16(4)26-19/h15-16,18-19H,5-14H2,1-4H3. The van der Waals surface area contributed by atoms with E-state index >= 15 is 0 Å². The fourth-order valence-corrected chi connectivity index (χ4v) is 2.67. The van der Waals surface area contributed by atoms with Crippen LogP contribution >= 0.6 is 11.6 Å². The lowest BCUT2D eigenvalue weighted by Gasteiger charge is -2.36. The van der Waals surface area contributed by atoms with E-state index in [4.69, 9.17) is 30.5 Å². The second kappa shape index (κ2) is 13.7. The molecule has 26 heavy (non-hydrogen) atoms. The van der Waals surface area contributed by atoms with E-state index in [9.17, 15) is 4.79 Å². The highest BCUT2D eigenvalue weighted by atomic mass is 35.5. The molecule has 1 aliphatic rings. The molecule has 1 fully saturated rings. The second-order valence-corrected chi connectivity index (χ2v) is 7.16. The van der Waals surface area contributed by atoms with Crippen molar-refractivity contribution in [2.45, 2.75) is 72.1 Å². The third-order valence-corrected chi connectivity index (χ3v) is 4.75. The number of halogens is 1. The van der Waals surface area contributed by atoms with E-state index in [0.29, 0.717) is 38.8 Å². The summed E-state index contributed by atoms with van der Waals surface area (Å²) >= 11 is 5.80. The minimum atomic E-state index is -0.458. The highest BCUT2D eigenvalue weighted by Gasteiger charge is 2.29. The highest BCUT2D eigenvalue weighted by molar-refractivity contribution is 6.27. The molecule has 3 atom stereocenters. The van der Waals surface area contributed by atoms with E-state index in [-0.39, 0.29) is 17.9 Å². The molecule has 1 rings (SSSR count). The number of rotatable bonds is 13. The van der Waals surface area contributed by atoms with Gasteiger partial charge in [0.2, 0.25) is 5.91 Å². The van der Waals surface area contributed by atoms with E-state index in [1.165, 1.54) is 0 Å². The molecule has 0 aromatic rings. The number of hydrogen-bond donors (Lipinski definition) is 0. The number of amides is 1. The molecule has 3 unspecified atom stereocenters. The first kappa shape index (κ1) is 23.6. The molecule has 7 heteroatoms. The monoisotopic (exact) mass is 393 g/mol. The van der Waals surface area contributed by atoms with Crippen LogP contribution in [0.1, 0.15) is 53.4 Å². The van der Waals surface area contributed by atoms with Crippen LogP contribution < -0.4 is 0 Å². The molecule has 0 spiro atoms. The predicted molar refractivity (Wildman–Crippen MR) is 102 cm³/mol. The van der Waals surface area contributed by atoms with Gasteiger partial charge in [-0.2, -0.15) is 0 Å². The highest BCUT2D eigenvalue weighted by Crippen LogP contribution is 2.19. The molecule has 1 amide bonds. The zero-order valence-corrected chi connectivity index (χ0v) is 17.5. The topological polar surface area (TPSA) is 57.2 Å². The number of alkyl halides is 1. The number of ether oxygens (including phenoxy) is 4. The lowest BCUT2D eigenvalue weighted by Crippen LogP contribution is -2.48. The smallest absolute Gasteiger partial charge is 0.237 e. The van der Waals surface area contributed by atoms with Gasteiger partial charge in [-0.1, -0.05) is 33.6 Å². The molecule has 0 saturated carbocycles. The van der Waals surface area contributed by atoms with Crippen LogP contribution in [0.15, 0.2) is 0 Å². The molecule has 0 bridgehead atoms. The number of unbranched alkanes of at least 4 members (excludes halogenated alkanes) is 2. The summed E-state index contributed by atoms with van der Waals surface area (Å²) in [5.74, 6) is 0.0780. The second-order valence-electron chi connectivity index (χ2n) is 6.89. The first-order valence-corrected chi connectivity index (χ1v) is 10.4. The van der Waals surface area contributed by atoms with E-state index < -0.39 is 12.6 Å². The van der Waals surface area contributed by atoms with Crippen LogP contribution in [0, 0.1) is 5.92 Å². The van der Waals surface area contributed by atoms with Crippen molar-refractivity contribution in [1.82, 2.24) is 4.90 Å². The maximum Gasteiger partial charge on any atom is 0.237 e. The summed E-state index contributed by atoms with van der Waals surface area (Å²) in [6.45, 7) is 10.8. The SMILES string of the molecule is CCCCOC(CN(CC1OCC(C)C(C)O1)C(=O)CCl)OCCCC. The van der Waals surface area contributed by atoms with Crippen molar-refractivity contribution >= 4 is 17.5 Å². The van der Waals surface area contributed by atoms with Crippen LogP contribution in [0.5, 0.6) is 0 Å². The number of hydrogen-bond acceptors (Lipinski definition) is 5. The van der Waals surface area contributed by atoms with E-state index in [0.717, 1.165) is 25.7 Å². The van der Waals surface area contributed by atoms with Crippen molar-refractivity contribution in [1.29, 1.82) is 0 Å². The fraction of sp³-hybridized carbons (Fsp3) is 0.947. The van der Waals surface area contributed by atoms with Crippen molar-refractivity contribution < 1.29 is 23.7 Å². The maximum atomic E-state index is 12.3. The molecule has 0 aromatic carbocycles. The zero-order valence-electron chi connectivity index (χ0n) is 16.7. The van der Waals surface area contributed by atoms with Gasteiger partial charge < -0.3 is 23.8 Å². The van der Waals surface area contributed by atoms with Crippen molar-refractivity contribution in [3.05, 3.63) is 0 Å². The third kappa shape index (κ3) is 9.00. The number of nitrogens with zero attached hydrogens (tertiary/aromatic N) is 1. The summed E-state index contributed by atoms with van der Waals surface area (Å²) in [6.07, 6.45) is 3.21. The normalized spacial score (nSPS) is 23.4. The Kier molecular flexibility index (Phi) is 12.5. The molecular weight excluding hydrogens is 358 g/mol. The first-order chi connectivity index (χ1) is 12.5. The molecular formula is C19H36ClNO5. The molecule has 1 heterocycles. The van der Waals surface area contributed by atoms with E-state index in [2.05, 4.69) is 20.8 Å².